The van der Waals surface area contributed by atoms with Crippen LogP contribution >= 0.6 is 0 Å². The van der Waals surface area contributed by atoms with Gasteiger partial charge in [0.05, 0.1) is 11.2 Å². The standard InChI is InChI=1S/C30H32BFN2O4/c1-29(2)30(3,4)38-31(37-29)20(15-19-16-21(33)13-14-27(19)32)17-34-28(35)36-18-26-24-11-7-5-9-22(24)23-10-6-8-12-25(23)26/h5-16,26H,17-18,33H2,1-4H3,(H,34,35). The highest BCUT2D eigenvalue weighted by molar-refractivity contribution is 6.56. The normalized spacial score (nSPS) is 17.7. The predicted octanol–water partition coefficient (Wildman–Crippen LogP) is 5.96. The molecule has 0 saturated carbocycles. The number of hydrogen-bond donors (Lipinski definition) is 2. The third kappa shape index (κ3) is 4.94. The summed E-state index contributed by atoms with van der Waals surface area (Å²) in [6.07, 6.45) is 1.03. The third-order valence-corrected chi connectivity index (χ3v) is 7.70. The molecule has 0 aromatic heterocycles. The number of rotatable bonds is 6. The molecule has 1 saturated heterocycles. The lowest BCUT2D eigenvalue weighted by Crippen LogP contribution is -2.41. The average Bonchev–Trinajstić information content (AvgIpc) is 3.31. The number of fused-ring (bicyclic) bond motifs is 3. The number of benzene rings is 3. The Morgan fingerprint density at radius 2 is 1.58 bits per heavy atom. The van der Waals surface area contributed by atoms with E-state index in [1.54, 1.807) is 6.08 Å². The molecule has 3 aromatic carbocycles. The molecule has 3 N–H and O–H groups in total. The predicted molar refractivity (Wildman–Crippen MR) is 148 cm³/mol. The number of nitrogen functional groups attached to an aromatic ring is 1. The summed E-state index contributed by atoms with van der Waals surface area (Å²) in [5.41, 5.74) is 10.5. The van der Waals surface area contributed by atoms with Gasteiger partial charge in [-0.05, 0) is 73.6 Å². The van der Waals surface area contributed by atoms with Gasteiger partial charge in [-0.2, -0.15) is 0 Å². The highest BCUT2D eigenvalue weighted by Gasteiger charge is 2.52. The van der Waals surface area contributed by atoms with Crippen LogP contribution < -0.4 is 11.1 Å². The van der Waals surface area contributed by atoms with Crippen LogP contribution in [0, 0.1) is 5.82 Å². The van der Waals surface area contributed by atoms with Gasteiger partial charge in [-0.1, -0.05) is 54.6 Å². The smallest absolute Gasteiger partial charge is 0.449 e. The van der Waals surface area contributed by atoms with Crippen LogP contribution in [-0.4, -0.2) is 37.6 Å². The molecule has 6 nitrogen and oxygen atoms in total. The molecule has 196 valence electrons. The second-order valence-electron chi connectivity index (χ2n) is 10.8. The first kappa shape index (κ1) is 26.0. The summed E-state index contributed by atoms with van der Waals surface area (Å²) in [7, 11) is -0.783. The first-order valence-corrected chi connectivity index (χ1v) is 12.8. The van der Waals surface area contributed by atoms with Crippen LogP contribution in [0.1, 0.15) is 50.3 Å². The van der Waals surface area contributed by atoms with Crippen molar-refractivity contribution in [3.63, 3.8) is 0 Å². The van der Waals surface area contributed by atoms with Gasteiger partial charge in [-0.3, -0.25) is 0 Å². The van der Waals surface area contributed by atoms with Gasteiger partial charge in [0.25, 0.3) is 0 Å². The van der Waals surface area contributed by atoms with Crippen molar-refractivity contribution in [3.8, 4) is 11.1 Å². The van der Waals surface area contributed by atoms with E-state index in [-0.39, 0.29) is 24.6 Å². The maximum Gasteiger partial charge on any atom is 0.492 e. The van der Waals surface area contributed by atoms with Crippen molar-refractivity contribution in [2.45, 2.75) is 44.8 Å². The second kappa shape index (κ2) is 9.93. The molecule has 0 radical (unpaired) electrons. The van der Waals surface area contributed by atoms with E-state index in [0.717, 1.165) is 22.3 Å². The van der Waals surface area contributed by atoms with Gasteiger partial charge >= 0.3 is 13.2 Å². The third-order valence-electron chi connectivity index (χ3n) is 7.70. The van der Waals surface area contributed by atoms with Gasteiger partial charge in [0.15, 0.2) is 0 Å². The van der Waals surface area contributed by atoms with Crippen LogP contribution in [0.3, 0.4) is 0 Å². The van der Waals surface area contributed by atoms with Gasteiger partial charge in [0.2, 0.25) is 0 Å². The quantitative estimate of drug-likeness (QED) is 0.313. The summed E-state index contributed by atoms with van der Waals surface area (Å²) < 4.78 is 32.6. The van der Waals surface area contributed by atoms with Gasteiger partial charge in [0.1, 0.15) is 12.4 Å². The monoisotopic (exact) mass is 514 g/mol. The number of hydrogen-bond acceptors (Lipinski definition) is 5. The van der Waals surface area contributed by atoms with E-state index in [9.17, 15) is 9.18 Å². The van der Waals surface area contributed by atoms with Crippen LogP contribution in [0.5, 0.6) is 0 Å². The molecule has 38 heavy (non-hydrogen) atoms. The molecular formula is C30H32BFN2O4. The summed E-state index contributed by atoms with van der Waals surface area (Å²) in [6.45, 7) is 7.98. The van der Waals surface area contributed by atoms with Crippen molar-refractivity contribution in [2.75, 3.05) is 18.9 Å². The van der Waals surface area contributed by atoms with Crippen LogP contribution in [0.15, 0.2) is 72.2 Å². The van der Waals surface area contributed by atoms with E-state index in [4.69, 9.17) is 19.8 Å². The van der Waals surface area contributed by atoms with Gasteiger partial charge in [-0.25, -0.2) is 9.18 Å². The lowest BCUT2D eigenvalue weighted by molar-refractivity contribution is 0.00578. The van der Waals surface area contributed by atoms with Crippen molar-refractivity contribution < 1.29 is 23.2 Å². The molecule has 1 heterocycles. The summed E-state index contributed by atoms with van der Waals surface area (Å²) in [5, 5.41) is 2.80. The summed E-state index contributed by atoms with van der Waals surface area (Å²) >= 11 is 0. The largest absolute Gasteiger partial charge is 0.492 e. The van der Waals surface area contributed by atoms with Crippen molar-refractivity contribution in [1.29, 1.82) is 0 Å². The summed E-state index contributed by atoms with van der Waals surface area (Å²) in [5.74, 6) is -0.484. The minimum Gasteiger partial charge on any atom is -0.449 e. The number of amides is 1. The van der Waals surface area contributed by atoms with Crippen LogP contribution in [0.2, 0.25) is 0 Å². The fourth-order valence-electron chi connectivity index (χ4n) is 4.89. The molecule has 0 bridgehead atoms. The minimum atomic E-state index is -0.783. The fraction of sp³-hybridized carbons (Fsp3) is 0.300. The number of halogens is 1. The Kier molecular flexibility index (Phi) is 6.80. The molecule has 3 aromatic rings. The molecule has 1 aliphatic heterocycles. The fourth-order valence-corrected chi connectivity index (χ4v) is 4.89. The Morgan fingerprint density at radius 1 is 1.00 bits per heavy atom. The van der Waals surface area contributed by atoms with Crippen LogP contribution in [0.4, 0.5) is 14.9 Å². The first-order chi connectivity index (χ1) is 18.1. The van der Waals surface area contributed by atoms with E-state index < -0.39 is 30.2 Å². The number of nitrogens with one attached hydrogen (secondary N) is 1. The molecule has 1 fully saturated rings. The maximum atomic E-state index is 14.6. The second-order valence-corrected chi connectivity index (χ2v) is 10.8. The molecule has 2 aliphatic rings. The number of nitrogens with two attached hydrogens (primary N) is 1. The lowest BCUT2D eigenvalue weighted by atomic mass is 9.77. The number of carbonyl (C=O) groups is 1. The molecule has 1 amide bonds. The van der Waals surface area contributed by atoms with E-state index in [2.05, 4.69) is 29.6 Å². The Balaban J connectivity index is 1.31. The Morgan fingerprint density at radius 3 is 2.18 bits per heavy atom. The average molecular weight is 514 g/mol. The van der Waals surface area contributed by atoms with Gasteiger partial charge < -0.3 is 25.1 Å². The number of ether oxygens (including phenoxy) is 1. The molecular weight excluding hydrogens is 482 g/mol. The zero-order valence-corrected chi connectivity index (χ0v) is 22.1. The Hall–Kier alpha value is -3.62. The van der Waals surface area contributed by atoms with E-state index in [0.29, 0.717) is 11.2 Å². The Labute approximate surface area is 223 Å². The number of anilines is 1. The van der Waals surface area contributed by atoms with Gasteiger partial charge in [0, 0.05) is 23.7 Å². The maximum absolute atomic E-state index is 14.6. The first-order valence-electron chi connectivity index (χ1n) is 12.8. The molecule has 1 aliphatic carbocycles. The van der Waals surface area contributed by atoms with Gasteiger partial charge in [-0.15, -0.1) is 0 Å². The van der Waals surface area contributed by atoms with Crippen molar-refractivity contribution >= 4 is 25.0 Å². The highest BCUT2D eigenvalue weighted by Crippen LogP contribution is 2.44. The highest BCUT2D eigenvalue weighted by atomic mass is 19.1. The van der Waals surface area contributed by atoms with Crippen LogP contribution in [0.25, 0.3) is 17.2 Å². The van der Waals surface area contributed by atoms with Crippen molar-refractivity contribution in [1.82, 2.24) is 5.32 Å². The lowest BCUT2D eigenvalue weighted by Gasteiger charge is -2.32. The number of alkyl carbamates (subject to hydrolysis) is 1. The summed E-state index contributed by atoms with van der Waals surface area (Å²) in [4.78, 5) is 12.8. The molecule has 0 spiro atoms. The Bertz CT molecular complexity index is 1340. The summed E-state index contributed by atoms with van der Waals surface area (Å²) in [6, 6.07) is 20.7. The molecule has 8 heteroatoms. The van der Waals surface area contributed by atoms with Crippen LogP contribution in [-0.2, 0) is 14.0 Å². The topological polar surface area (TPSA) is 82.8 Å². The zero-order valence-electron chi connectivity index (χ0n) is 22.1. The zero-order chi connectivity index (χ0) is 27.1. The van der Waals surface area contributed by atoms with Crippen molar-refractivity contribution in [3.05, 3.63) is 94.7 Å². The number of carbonyl (C=O) groups excluding carboxylic acids is 1. The molecule has 5 rings (SSSR count). The van der Waals surface area contributed by atoms with Crippen molar-refractivity contribution in [2.24, 2.45) is 0 Å². The van der Waals surface area contributed by atoms with E-state index >= 15 is 0 Å². The van der Waals surface area contributed by atoms with E-state index in [1.165, 1.54) is 18.2 Å². The van der Waals surface area contributed by atoms with E-state index in [1.807, 2.05) is 52.0 Å². The SMILES string of the molecule is CC1(C)OB(C(=Cc2cc(N)ccc2F)CNC(=O)OCC2c3ccccc3-c3ccccc32)OC1(C)C. The molecule has 0 unspecified atom stereocenters. The molecule has 0 atom stereocenters. The minimum absolute atomic E-state index is 0.0434.